The second-order valence-corrected chi connectivity index (χ2v) is 8.29. The molecule has 1 atom stereocenters. The molecule has 1 unspecified atom stereocenters. The molecule has 138 valence electrons. The molecular formula is C24H26NOP. The molecule has 1 aliphatic heterocycles. The normalized spacial score (nSPS) is 14.6. The van der Waals surface area contributed by atoms with Gasteiger partial charge in [-0.3, -0.25) is 0 Å². The Balaban J connectivity index is 1.53. The van der Waals surface area contributed by atoms with E-state index < -0.39 is 0 Å². The van der Waals surface area contributed by atoms with Crippen molar-refractivity contribution in [3.63, 3.8) is 0 Å². The summed E-state index contributed by atoms with van der Waals surface area (Å²) in [6.07, 6.45) is 3.96. The number of anilines is 1. The largest absolute Gasteiger partial charge is 0.488 e. The van der Waals surface area contributed by atoms with Crippen LogP contribution < -0.4 is 20.2 Å². The maximum atomic E-state index is 6.17. The van der Waals surface area contributed by atoms with Crippen LogP contribution in [0.3, 0.4) is 0 Å². The van der Waals surface area contributed by atoms with Crippen LogP contribution in [0.5, 0.6) is 5.75 Å². The summed E-state index contributed by atoms with van der Waals surface area (Å²) in [6.45, 7) is 2.96. The summed E-state index contributed by atoms with van der Waals surface area (Å²) >= 11 is 0. The number of piperidine rings is 1. The van der Waals surface area contributed by atoms with Crippen molar-refractivity contribution in [2.24, 2.45) is 0 Å². The fraction of sp³-hybridized carbons (Fsp3) is 0.250. The third-order valence-corrected chi connectivity index (χ3v) is 6.37. The van der Waals surface area contributed by atoms with Crippen LogP contribution in [0.1, 0.15) is 24.8 Å². The first-order chi connectivity index (χ1) is 13.4. The average Bonchev–Trinajstić information content (AvgIpc) is 2.75. The molecular weight excluding hydrogens is 349 g/mol. The van der Waals surface area contributed by atoms with Gasteiger partial charge in [-0.15, -0.1) is 0 Å². The van der Waals surface area contributed by atoms with E-state index in [-0.39, 0.29) is 0 Å². The Morgan fingerprint density at radius 3 is 2.19 bits per heavy atom. The van der Waals surface area contributed by atoms with Crippen molar-refractivity contribution in [1.29, 1.82) is 0 Å². The van der Waals surface area contributed by atoms with Crippen molar-refractivity contribution in [2.45, 2.75) is 25.9 Å². The van der Waals surface area contributed by atoms with E-state index in [4.69, 9.17) is 4.74 Å². The van der Waals surface area contributed by atoms with Gasteiger partial charge in [0.25, 0.3) is 0 Å². The van der Waals surface area contributed by atoms with Crippen LogP contribution >= 0.6 is 8.58 Å². The molecule has 0 saturated carbocycles. The van der Waals surface area contributed by atoms with Crippen molar-refractivity contribution < 1.29 is 4.74 Å². The summed E-state index contributed by atoms with van der Waals surface area (Å²) in [7, 11) is 0.600. The van der Waals surface area contributed by atoms with Gasteiger partial charge in [-0.2, -0.15) is 0 Å². The summed E-state index contributed by atoms with van der Waals surface area (Å²) in [4.78, 5) is 2.55. The first kappa shape index (κ1) is 18.1. The van der Waals surface area contributed by atoms with Gasteiger partial charge >= 0.3 is 0 Å². The highest BCUT2D eigenvalue weighted by atomic mass is 31.1. The summed E-state index contributed by atoms with van der Waals surface area (Å²) in [6, 6.07) is 27.7. The number of rotatable bonds is 6. The topological polar surface area (TPSA) is 12.5 Å². The van der Waals surface area contributed by atoms with Crippen LogP contribution in [0.2, 0.25) is 0 Å². The van der Waals surface area contributed by atoms with Crippen LogP contribution in [0, 0.1) is 0 Å². The van der Waals surface area contributed by atoms with Gasteiger partial charge in [0.1, 0.15) is 12.4 Å². The van der Waals surface area contributed by atoms with Crippen LogP contribution in [0.25, 0.3) is 0 Å². The molecule has 3 heteroatoms. The smallest absolute Gasteiger partial charge is 0.127 e. The van der Waals surface area contributed by atoms with E-state index in [1.165, 1.54) is 54.2 Å². The zero-order chi connectivity index (χ0) is 18.3. The fourth-order valence-corrected chi connectivity index (χ4v) is 4.86. The minimum absolute atomic E-state index is 0.600. The molecule has 1 aliphatic rings. The number of benzene rings is 3. The zero-order valence-corrected chi connectivity index (χ0v) is 16.6. The van der Waals surface area contributed by atoms with Crippen molar-refractivity contribution in [3.05, 3.63) is 84.4 Å². The molecule has 0 spiro atoms. The lowest BCUT2D eigenvalue weighted by atomic mass is 10.1. The molecule has 1 heterocycles. The van der Waals surface area contributed by atoms with E-state index in [1.54, 1.807) is 0 Å². The molecule has 0 bridgehead atoms. The van der Waals surface area contributed by atoms with Crippen molar-refractivity contribution >= 4 is 24.9 Å². The molecule has 2 nitrogen and oxygen atoms in total. The predicted molar refractivity (Wildman–Crippen MR) is 117 cm³/mol. The molecule has 3 aromatic carbocycles. The second kappa shape index (κ2) is 9.06. The van der Waals surface area contributed by atoms with Crippen LogP contribution in [0.4, 0.5) is 5.69 Å². The van der Waals surface area contributed by atoms with Crippen molar-refractivity contribution in [2.75, 3.05) is 18.0 Å². The summed E-state index contributed by atoms with van der Waals surface area (Å²) in [5.74, 6) is 0.994. The maximum absolute atomic E-state index is 6.17. The standard InChI is InChI=1S/C24H26NOP/c1-3-11-20(12-4-1)19-26-22-14-6-8-16-24(22)27-23-15-7-5-13-21(23)25-17-9-2-10-18-25/h1,3-8,11-16,27H,2,9-10,17-19H2. The van der Waals surface area contributed by atoms with E-state index in [0.29, 0.717) is 15.2 Å². The van der Waals surface area contributed by atoms with Gasteiger partial charge in [-0.05, 0) is 37.0 Å². The third-order valence-electron chi connectivity index (χ3n) is 4.99. The van der Waals surface area contributed by atoms with Gasteiger partial charge in [-0.1, -0.05) is 75.3 Å². The lowest BCUT2D eigenvalue weighted by Gasteiger charge is -2.30. The number of hydrogen-bond acceptors (Lipinski definition) is 2. The highest BCUT2D eigenvalue weighted by Gasteiger charge is 2.15. The molecule has 0 N–H and O–H groups in total. The molecule has 1 fully saturated rings. The van der Waals surface area contributed by atoms with Gasteiger partial charge < -0.3 is 9.64 Å². The molecule has 3 aromatic rings. The Bertz CT molecular complexity index is 859. The monoisotopic (exact) mass is 375 g/mol. The lowest BCUT2D eigenvalue weighted by molar-refractivity contribution is 0.309. The SMILES string of the molecule is c1ccc(COc2ccccc2Pc2ccccc2N2CCCCC2)cc1. The van der Waals surface area contributed by atoms with E-state index in [1.807, 2.05) is 6.07 Å². The molecule has 0 aromatic heterocycles. The van der Waals surface area contributed by atoms with E-state index >= 15 is 0 Å². The summed E-state index contributed by atoms with van der Waals surface area (Å²) < 4.78 is 6.17. The Kier molecular flexibility index (Phi) is 6.06. The predicted octanol–water partition coefficient (Wildman–Crippen LogP) is 4.89. The first-order valence-corrected chi connectivity index (χ1v) is 10.8. The van der Waals surface area contributed by atoms with Crippen LogP contribution in [-0.4, -0.2) is 13.1 Å². The Morgan fingerprint density at radius 1 is 0.704 bits per heavy atom. The van der Waals surface area contributed by atoms with Crippen molar-refractivity contribution in [1.82, 2.24) is 0 Å². The van der Waals surface area contributed by atoms with Gasteiger partial charge in [0, 0.05) is 29.4 Å². The fourth-order valence-electron chi connectivity index (χ4n) is 3.57. The summed E-state index contributed by atoms with van der Waals surface area (Å²) in [5.41, 5.74) is 2.60. The van der Waals surface area contributed by atoms with Gasteiger partial charge in [0.05, 0.1) is 0 Å². The number of para-hydroxylation sites is 2. The molecule has 0 amide bonds. The average molecular weight is 375 g/mol. The Hall–Kier alpha value is -2.31. The second-order valence-electron chi connectivity index (χ2n) is 6.96. The minimum Gasteiger partial charge on any atom is -0.488 e. The highest BCUT2D eigenvalue weighted by Crippen LogP contribution is 2.27. The zero-order valence-electron chi connectivity index (χ0n) is 15.6. The molecule has 4 rings (SSSR count). The molecule has 1 saturated heterocycles. The van der Waals surface area contributed by atoms with Gasteiger partial charge in [0.15, 0.2) is 0 Å². The van der Waals surface area contributed by atoms with E-state index in [2.05, 4.69) is 77.7 Å². The first-order valence-electron chi connectivity index (χ1n) is 9.77. The van der Waals surface area contributed by atoms with E-state index in [9.17, 15) is 0 Å². The lowest BCUT2D eigenvalue weighted by Crippen LogP contribution is -2.32. The molecule has 0 aliphatic carbocycles. The molecule has 27 heavy (non-hydrogen) atoms. The quantitative estimate of drug-likeness (QED) is 0.569. The minimum atomic E-state index is 0.600. The summed E-state index contributed by atoms with van der Waals surface area (Å²) in [5, 5.41) is 2.69. The van der Waals surface area contributed by atoms with Gasteiger partial charge in [-0.25, -0.2) is 0 Å². The number of ether oxygens (including phenoxy) is 1. The third kappa shape index (κ3) is 4.70. The van der Waals surface area contributed by atoms with Gasteiger partial charge in [0.2, 0.25) is 0 Å². The molecule has 0 radical (unpaired) electrons. The van der Waals surface area contributed by atoms with E-state index in [0.717, 1.165) is 5.75 Å². The number of nitrogens with zero attached hydrogens (tertiary/aromatic N) is 1. The highest BCUT2D eigenvalue weighted by molar-refractivity contribution is 7.56. The maximum Gasteiger partial charge on any atom is 0.127 e. The van der Waals surface area contributed by atoms with Crippen LogP contribution in [-0.2, 0) is 6.61 Å². The Labute approximate surface area is 164 Å². The number of hydrogen-bond donors (Lipinski definition) is 0. The van der Waals surface area contributed by atoms with Crippen LogP contribution in [0.15, 0.2) is 78.9 Å². The van der Waals surface area contributed by atoms with Crippen molar-refractivity contribution in [3.8, 4) is 5.75 Å². The Morgan fingerprint density at radius 2 is 1.37 bits per heavy atom.